The molecule has 2 unspecified atom stereocenters. The maximum atomic E-state index is 5.79. The highest BCUT2D eigenvalue weighted by Crippen LogP contribution is 2.39. The molecule has 0 amide bonds. The van der Waals surface area contributed by atoms with Crippen molar-refractivity contribution < 1.29 is 0 Å². The molecule has 2 aliphatic rings. The largest absolute Gasteiger partial charge is 0.329 e. The molecule has 1 saturated carbocycles. The Bertz CT molecular complexity index is 177. The summed E-state index contributed by atoms with van der Waals surface area (Å²) in [6.07, 6.45) is 4.38. The Morgan fingerprint density at radius 2 is 1.77 bits per heavy atom. The summed E-state index contributed by atoms with van der Waals surface area (Å²) in [6.45, 7) is 7.93. The second-order valence-electron chi connectivity index (χ2n) is 5.37. The predicted octanol–water partition coefficient (Wildman–Crippen LogP) is 1.46. The fraction of sp³-hybridized carbons (Fsp3) is 1.00. The van der Waals surface area contributed by atoms with Crippen molar-refractivity contribution in [1.82, 2.24) is 4.90 Å². The van der Waals surface area contributed by atoms with Gasteiger partial charge in [0.25, 0.3) is 0 Å². The Labute approximate surface area is 81.5 Å². The van der Waals surface area contributed by atoms with Crippen LogP contribution in [0.5, 0.6) is 0 Å². The molecule has 2 rings (SSSR count). The van der Waals surface area contributed by atoms with Crippen LogP contribution in [0, 0.1) is 11.8 Å². The van der Waals surface area contributed by atoms with Crippen LogP contribution in [0.1, 0.15) is 33.1 Å². The van der Waals surface area contributed by atoms with E-state index >= 15 is 0 Å². The number of likely N-dealkylation sites (tertiary alicyclic amines) is 1. The van der Waals surface area contributed by atoms with E-state index in [4.69, 9.17) is 5.73 Å². The maximum Gasteiger partial charge on any atom is 0.0275 e. The van der Waals surface area contributed by atoms with E-state index in [1.54, 1.807) is 0 Å². The van der Waals surface area contributed by atoms with Crippen molar-refractivity contribution >= 4 is 0 Å². The molecule has 0 spiro atoms. The zero-order valence-corrected chi connectivity index (χ0v) is 8.92. The first-order chi connectivity index (χ1) is 6.13. The zero-order valence-electron chi connectivity index (χ0n) is 8.92. The molecule has 0 aromatic rings. The van der Waals surface area contributed by atoms with Crippen molar-refractivity contribution in [2.45, 2.75) is 38.6 Å². The van der Waals surface area contributed by atoms with E-state index in [-0.39, 0.29) is 5.54 Å². The summed E-state index contributed by atoms with van der Waals surface area (Å²) >= 11 is 0. The smallest absolute Gasteiger partial charge is 0.0275 e. The minimum absolute atomic E-state index is 0.227. The van der Waals surface area contributed by atoms with Gasteiger partial charge in [0.1, 0.15) is 0 Å². The summed E-state index contributed by atoms with van der Waals surface area (Å²) in [5, 5.41) is 0. The lowest BCUT2D eigenvalue weighted by Gasteiger charge is -2.35. The third kappa shape index (κ3) is 1.62. The van der Waals surface area contributed by atoms with Crippen LogP contribution < -0.4 is 5.73 Å². The normalized spacial score (nSPS) is 35.3. The molecule has 2 atom stereocenters. The minimum atomic E-state index is 0.227. The first kappa shape index (κ1) is 9.47. The second kappa shape index (κ2) is 3.25. The molecule has 2 heteroatoms. The number of hydrogen-bond acceptors (Lipinski definition) is 2. The Kier molecular flexibility index (Phi) is 2.37. The van der Waals surface area contributed by atoms with Crippen LogP contribution in [-0.2, 0) is 0 Å². The van der Waals surface area contributed by atoms with Gasteiger partial charge in [0.2, 0.25) is 0 Å². The molecule has 0 radical (unpaired) electrons. The lowest BCUT2D eigenvalue weighted by molar-refractivity contribution is 0.150. The molecule has 2 nitrogen and oxygen atoms in total. The Hall–Kier alpha value is -0.0800. The summed E-state index contributed by atoms with van der Waals surface area (Å²) in [7, 11) is 0. The molecular formula is C11H22N2. The van der Waals surface area contributed by atoms with E-state index in [1.165, 1.54) is 32.4 Å². The molecule has 76 valence electrons. The first-order valence-electron chi connectivity index (χ1n) is 5.58. The molecule has 0 bridgehead atoms. The Balaban J connectivity index is 1.98. The average molecular weight is 182 g/mol. The zero-order chi connectivity index (χ0) is 9.47. The number of nitrogens with two attached hydrogens (primary N) is 1. The van der Waals surface area contributed by atoms with E-state index in [9.17, 15) is 0 Å². The number of rotatable bonds is 2. The van der Waals surface area contributed by atoms with Crippen molar-refractivity contribution in [3.63, 3.8) is 0 Å². The molecule has 1 aliphatic carbocycles. The SMILES string of the molecule is CC(C)(CN)N1CC2CCCC2C1. The lowest BCUT2D eigenvalue weighted by atomic mass is 10.0. The highest BCUT2D eigenvalue weighted by molar-refractivity contribution is 4.95. The molecule has 1 heterocycles. The molecule has 2 N–H and O–H groups in total. The van der Waals surface area contributed by atoms with Crippen LogP contribution in [0.3, 0.4) is 0 Å². The third-order valence-corrected chi connectivity index (χ3v) is 4.08. The standard InChI is InChI=1S/C11H22N2/c1-11(2,8-12)13-6-9-4-3-5-10(9)7-13/h9-10H,3-8,12H2,1-2H3. The van der Waals surface area contributed by atoms with Gasteiger partial charge in [0, 0.05) is 25.2 Å². The van der Waals surface area contributed by atoms with E-state index in [2.05, 4.69) is 18.7 Å². The molecule has 13 heavy (non-hydrogen) atoms. The Morgan fingerprint density at radius 3 is 2.23 bits per heavy atom. The van der Waals surface area contributed by atoms with Crippen molar-refractivity contribution in [1.29, 1.82) is 0 Å². The third-order valence-electron chi connectivity index (χ3n) is 4.08. The quantitative estimate of drug-likeness (QED) is 0.700. The van der Waals surface area contributed by atoms with Gasteiger partial charge in [-0.3, -0.25) is 4.90 Å². The monoisotopic (exact) mass is 182 g/mol. The molecule has 0 aromatic heterocycles. The van der Waals surface area contributed by atoms with Gasteiger partial charge in [-0.25, -0.2) is 0 Å². The van der Waals surface area contributed by atoms with Gasteiger partial charge in [0.15, 0.2) is 0 Å². The summed E-state index contributed by atoms with van der Waals surface area (Å²) < 4.78 is 0. The first-order valence-corrected chi connectivity index (χ1v) is 5.58. The topological polar surface area (TPSA) is 29.3 Å². The highest BCUT2D eigenvalue weighted by atomic mass is 15.2. The van der Waals surface area contributed by atoms with Gasteiger partial charge in [0.05, 0.1) is 0 Å². The number of hydrogen-bond donors (Lipinski definition) is 1. The summed E-state index contributed by atoms with van der Waals surface area (Å²) in [6, 6.07) is 0. The summed E-state index contributed by atoms with van der Waals surface area (Å²) in [4.78, 5) is 2.60. The van der Waals surface area contributed by atoms with Crippen molar-refractivity contribution in [3.05, 3.63) is 0 Å². The van der Waals surface area contributed by atoms with Gasteiger partial charge in [-0.15, -0.1) is 0 Å². The molecule has 0 aromatic carbocycles. The predicted molar refractivity (Wildman–Crippen MR) is 55.5 cm³/mol. The average Bonchev–Trinajstić information content (AvgIpc) is 2.61. The van der Waals surface area contributed by atoms with Crippen LogP contribution in [0.2, 0.25) is 0 Å². The van der Waals surface area contributed by atoms with E-state index < -0.39 is 0 Å². The van der Waals surface area contributed by atoms with Crippen LogP contribution in [0.4, 0.5) is 0 Å². The summed E-state index contributed by atoms with van der Waals surface area (Å²) in [5.41, 5.74) is 6.02. The van der Waals surface area contributed by atoms with Gasteiger partial charge >= 0.3 is 0 Å². The van der Waals surface area contributed by atoms with Crippen molar-refractivity contribution in [2.75, 3.05) is 19.6 Å². The second-order valence-corrected chi connectivity index (χ2v) is 5.37. The van der Waals surface area contributed by atoms with E-state index in [1.807, 2.05) is 0 Å². The van der Waals surface area contributed by atoms with Gasteiger partial charge in [-0.1, -0.05) is 6.42 Å². The van der Waals surface area contributed by atoms with Crippen molar-refractivity contribution in [3.8, 4) is 0 Å². The van der Waals surface area contributed by atoms with Crippen LogP contribution in [-0.4, -0.2) is 30.1 Å². The number of fused-ring (bicyclic) bond motifs is 1. The molecular weight excluding hydrogens is 160 g/mol. The van der Waals surface area contributed by atoms with Crippen LogP contribution in [0.15, 0.2) is 0 Å². The van der Waals surface area contributed by atoms with E-state index in [0.29, 0.717) is 0 Å². The van der Waals surface area contributed by atoms with Crippen molar-refractivity contribution in [2.24, 2.45) is 17.6 Å². The molecule has 2 fully saturated rings. The fourth-order valence-corrected chi connectivity index (χ4v) is 2.86. The Morgan fingerprint density at radius 1 is 1.23 bits per heavy atom. The van der Waals surface area contributed by atoms with Gasteiger partial charge < -0.3 is 5.73 Å². The van der Waals surface area contributed by atoms with Gasteiger partial charge in [-0.2, -0.15) is 0 Å². The fourth-order valence-electron chi connectivity index (χ4n) is 2.86. The van der Waals surface area contributed by atoms with Crippen LogP contribution >= 0.6 is 0 Å². The molecule has 1 aliphatic heterocycles. The highest BCUT2D eigenvalue weighted by Gasteiger charge is 2.40. The van der Waals surface area contributed by atoms with Gasteiger partial charge in [-0.05, 0) is 38.5 Å². The lowest BCUT2D eigenvalue weighted by Crippen LogP contribution is -2.48. The molecule has 1 saturated heterocycles. The van der Waals surface area contributed by atoms with E-state index in [0.717, 1.165) is 18.4 Å². The van der Waals surface area contributed by atoms with Crippen LogP contribution in [0.25, 0.3) is 0 Å². The number of nitrogens with zero attached hydrogens (tertiary/aromatic N) is 1. The summed E-state index contributed by atoms with van der Waals surface area (Å²) in [5.74, 6) is 1.98. The maximum absolute atomic E-state index is 5.79. The minimum Gasteiger partial charge on any atom is -0.329 e.